The monoisotopic (exact) mass is 139 g/mol. The molecule has 0 N–H and O–H groups in total. The minimum Gasteiger partial charge on any atom is -0.291 e. The smallest absolute Gasteiger partial charge is 0.202 e. The Bertz CT molecular complexity index is 94.9. The summed E-state index contributed by atoms with van der Waals surface area (Å²) in [5.74, 6) is 0. The molecule has 0 aromatic rings. The quantitative estimate of drug-likeness (QED) is 0.408. The van der Waals surface area contributed by atoms with Gasteiger partial charge >= 0.3 is 0 Å². The third kappa shape index (κ3) is 7.41. The van der Waals surface area contributed by atoms with Gasteiger partial charge in [-0.25, -0.2) is 0 Å². The standard InChI is InChI=1S/C9H15O/c1-2-3-4-5-6-7-8-9-10/h6-7H,2-5,8H2,1H3. The highest BCUT2D eigenvalue weighted by atomic mass is 16.1. The number of allylic oxidation sites excluding steroid dienone is 2. The average molecular weight is 139 g/mol. The first kappa shape index (κ1) is 9.41. The third-order valence-corrected chi connectivity index (χ3v) is 1.34. The topological polar surface area (TPSA) is 17.1 Å². The van der Waals surface area contributed by atoms with Gasteiger partial charge in [0, 0.05) is 6.42 Å². The van der Waals surface area contributed by atoms with Crippen LogP contribution in [0, 0.1) is 0 Å². The predicted octanol–water partition coefficient (Wildman–Crippen LogP) is 2.62. The molecule has 0 saturated heterocycles. The van der Waals surface area contributed by atoms with E-state index >= 15 is 0 Å². The van der Waals surface area contributed by atoms with Crippen molar-refractivity contribution in [2.45, 2.75) is 39.0 Å². The van der Waals surface area contributed by atoms with Crippen LogP contribution in [-0.4, -0.2) is 6.29 Å². The summed E-state index contributed by atoms with van der Waals surface area (Å²) in [5.41, 5.74) is 0. The first-order chi connectivity index (χ1) is 4.91. The van der Waals surface area contributed by atoms with Crippen LogP contribution in [0.15, 0.2) is 12.2 Å². The zero-order valence-electron chi connectivity index (χ0n) is 6.60. The van der Waals surface area contributed by atoms with Crippen molar-refractivity contribution >= 4 is 6.29 Å². The Labute approximate surface area is 63.1 Å². The van der Waals surface area contributed by atoms with Crippen molar-refractivity contribution in [1.29, 1.82) is 0 Å². The Hall–Kier alpha value is -0.590. The number of hydrogen-bond acceptors (Lipinski definition) is 1. The lowest BCUT2D eigenvalue weighted by molar-refractivity contribution is 0.556. The van der Waals surface area contributed by atoms with Gasteiger partial charge < -0.3 is 0 Å². The molecule has 0 bridgehead atoms. The molecule has 0 heterocycles. The molecule has 0 amide bonds. The summed E-state index contributed by atoms with van der Waals surface area (Å²) in [6.45, 7) is 2.18. The molecule has 1 heteroatoms. The van der Waals surface area contributed by atoms with Crippen molar-refractivity contribution < 1.29 is 4.79 Å². The van der Waals surface area contributed by atoms with Crippen LogP contribution in [0.3, 0.4) is 0 Å². The van der Waals surface area contributed by atoms with Crippen molar-refractivity contribution in [2.24, 2.45) is 0 Å². The van der Waals surface area contributed by atoms with E-state index in [0.29, 0.717) is 6.42 Å². The summed E-state index contributed by atoms with van der Waals surface area (Å²) in [4.78, 5) is 9.72. The fraction of sp³-hybridized carbons (Fsp3) is 0.667. The maximum absolute atomic E-state index is 9.72. The van der Waals surface area contributed by atoms with Crippen molar-refractivity contribution in [1.82, 2.24) is 0 Å². The Morgan fingerprint density at radius 3 is 2.70 bits per heavy atom. The lowest BCUT2D eigenvalue weighted by atomic mass is 10.2. The van der Waals surface area contributed by atoms with E-state index in [9.17, 15) is 4.79 Å². The molecule has 0 saturated carbocycles. The van der Waals surface area contributed by atoms with Gasteiger partial charge in [-0.05, 0) is 12.8 Å². The third-order valence-electron chi connectivity index (χ3n) is 1.34. The van der Waals surface area contributed by atoms with Gasteiger partial charge in [-0.3, -0.25) is 4.79 Å². The SMILES string of the molecule is CCCCCC=CC[C]=O. The van der Waals surface area contributed by atoms with Crippen molar-refractivity contribution in [2.75, 3.05) is 0 Å². The lowest BCUT2D eigenvalue weighted by Crippen LogP contribution is -1.71. The zero-order chi connectivity index (χ0) is 7.66. The second-order valence-electron chi connectivity index (χ2n) is 2.32. The first-order valence-electron chi connectivity index (χ1n) is 3.91. The molecule has 0 unspecified atom stereocenters. The summed E-state index contributed by atoms with van der Waals surface area (Å²) >= 11 is 0. The Kier molecular flexibility index (Phi) is 7.91. The van der Waals surface area contributed by atoms with Crippen LogP contribution in [0.4, 0.5) is 0 Å². The summed E-state index contributed by atoms with van der Waals surface area (Å²) in [6, 6.07) is 0. The van der Waals surface area contributed by atoms with E-state index in [1.54, 1.807) is 0 Å². The molecule has 1 radical (unpaired) electrons. The minimum absolute atomic E-state index is 0.451. The van der Waals surface area contributed by atoms with Crippen molar-refractivity contribution in [3.8, 4) is 0 Å². The summed E-state index contributed by atoms with van der Waals surface area (Å²) in [5, 5.41) is 0. The van der Waals surface area contributed by atoms with Gasteiger partial charge in [0.2, 0.25) is 6.29 Å². The Morgan fingerprint density at radius 2 is 2.10 bits per heavy atom. The Balaban J connectivity index is 2.94. The first-order valence-corrected chi connectivity index (χ1v) is 3.91. The Morgan fingerprint density at radius 1 is 1.30 bits per heavy atom. The predicted molar refractivity (Wildman–Crippen MR) is 43.6 cm³/mol. The number of rotatable bonds is 6. The second-order valence-corrected chi connectivity index (χ2v) is 2.32. The van der Waals surface area contributed by atoms with Gasteiger partial charge in [0.15, 0.2) is 0 Å². The number of hydrogen-bond donors (Lipinski definition) is 0. The van der Waals surface area contributed by atoms with Gasteiger partial charge in [0.1, 0.15) is 0 Å². The zero-order valence-corrected chi connectivity index (χ0v) is 6.60. The highest BCUT2D eigenvalue weighted by Crippen LogP contribution is 1.99. The van der Waals surface area contributed by atoms with E-state index in [4.69, 9.17) is 0 Å². The lowest BCUT2D eigenvalue weighted by Gasteiger charge is -1.89. The van der Waals surface area contributed by atoms with Crippen LogP contribution in [-0.2, 0) is 4.79 Å². The normalized spacial score (nSPS) is 10.5. The highest BCUT2D eigenvalue weighted by molar-refractivity contribution is 5.52. The van der Waals surface area contributed by atoms with Gasteiger partial charge in [-0.15, -0.1) is 0 Å². The minimum atomic E-state index is 0.451. The molecule has 0 fully saturated rings. The fourth-order valence-electron chi connectivity index (χ4n) is 0.761. The second kappa shape index (κ2) is 8.41. The van der Waals surface area contributed by atoms with E-state index in [1.807, 2.05) is 12.4 Å². The molecule has 0 aliphatic carbocycles. The van der Waals surface area contributed by atoms with Crippen LogP contribution >= 0.6 is 0 Å². The highest BCUT2D eigenvalue weighted by Gasteiger charge is 1.80. The molecule has 1 nitrogen and oxygen atoms in total. The molecule has 0 aliphatic rings. The molecule has 0 aliphatic heterocycles. The van der Waals surface area contributed by atoms with Gasteiger partial charge in [0.05, 0.1) is 0 Å². The van der Waals surface area contributed by atoms with E-state index in [-0.39, 0.29) is 0 Å². The molecule has 0 aromatic heterocycles. The molecular formula is C9H15O. The van der Waals surface area contributed by atoms with Crippen LogP contribution < -0.4 is 0 Å². The van der Waals surface area contributed by atoms with Gasteiger partial charge in [-0.2, -0.15) is 0 Å². The van der Waals surface area contributed by atoms with Gasteiger partial charge in [0.25, 0.3) is 0 Å². The average Bonchev–Trinajstić information content (AvgIpc) is 1.97. The summed E-state index contributed by atoms with van der Waals surface area (Å²) in [6.07, 6.45) is 11.1. The van der Waals surface area contributed by atoms with E-state index in [1.165, 1.54) is 19.3 Å². The van der Waals surface area contributed by atoms with Crippen molar-refractivity contribution in [3.63, 3.8) is 0 Å². The van der Waals surface area contributed by atoms with E-state index in [2.05, 4.69) is 13.0 Å². The van der Waals surface area contributed by atoms with Crippen LogP contribution in [0.2, 0.25) is 0 Å². The van der Waals surface area contributed by atoms with E-state index < -0.39 is 0 Å². The van der Waals surface area contributed by atoms with Crippen LogP contribution in [0.5, 0.6) is 0 Å². The number of unbranched alkanes of at least 4 members (excludes halogenated alkanes) is 3. The molecule has 0 spiro atoms. The molecular weight excluding hydrogens is 124 g/mol. The summed E-state index contributed by atoms with van der Waals surface area (Å²) < 4.78 is 0. The molecule has 57 valence electrons. The fourth-order valence-corrected chi connectivity index (χ4v) is 0.761. The molecule has 0 atom stereocenters. The number of carbonyl (C=O) groups excluding carboxylic acids is 1. The van der Waals surface area contributed by atoms with Gasteiger partial charge in [-0.1, -0.05) is 31.9 Å². The maximum Gasteiger partial charge on any atom is 0.202 e. The maximum atomic E-state index is 9.72. The molecule has 0 rings (SSSR count). The molecule has 10 heavy (non-hydrogen) atoms. The summed E-state index contributed by atoms with van der Waals surface area (Å²) in [7, 11) is 0. The van der Waals surface area contributed by atoms with E-state index in [0.717, 1.165) is 6.42 Å². The van der Waals surface area contributed by atoms with Crippen LogP contribution in [0.1, 0.15) is 39.0 Å². The molecule has 0 aromatic carbocycles. The largest absolute Gasteiger partial charge is 0.291 e. The van der Waals surface area contributed by atoms with Crippen LogP contribution in [0.25, 0.3) is 0 Å². The van der Waals surface area contributed by atoms with Crippen molar-refractivity contribution in [3.05, 3.63) is 12.2 Å².